The number of carbonyl (C=O) groups is 2. The van der Waals surface area contributed by atoms with Crippen LogP contribution in [0.4, 0.5) is 0 Å². The molecule has 0 heterocycles. The van der Waals surface area contributed by atoms with Crippen LogP contribution >= 0.6 is 0 Å². The Morgan fingerprint density at radius 3 is 0.944 bits per heavy atom. The van der Waals surface area contributed by atoms with E-state index in [0.29, 0.717) is 0 Å². The van der Waals surface area contributed by atoms with Crippen molar-refractivity contribution in [2.24, 2.45) is 0 Å². The van der Waals surface area contributed by atoms with E-state index in [1.807, 2.05) is 0 Å². The molecule has 10 nitrogen and oxygen atoms in total. The zero-order valence-corrected chi connectivity index (χ0v) is 9.82. The Morgan fingerprint density at radius 2 is 0.944 bits per heavy atom. The van der Waals surface area contributed by atoms with Gasteiger partial charge >= 0.3 is 0 Å². The zero-order chi connectivity index (χ0) is 15.1. The summed E-state index contributed by atoms with van der Waals surface area (Å²) in [5, 5.41) is 50.3. The largest absolute Gasteiger partial charge is 0.543 e. The van der Waals surface area contributed by atoms with Crippen LogP contribution in [0.25, 0.3) is 0 Å². The highest BCUT2D eigenvalue weighted by Crippen LogP contribution is 1.63. The monoisotopic (exact) mass is 272 g/mol. The van der Waals surface area contributed by atoms with Crippen molar-refractivity contribution in [1.82, 2.24) is 0 Å². The lowest BCUT2D eigenvalue weighted by atomic mass is 10.4. The molecular weight excluding hydrogens is 252 g/mol. The number of quaternary nitrogens is 2. The van der Waals surface area contributed by atoms with E-state index in [-0.39, 0.29) is 38.5 Å². The first-order valence-corrected chi connectivity index (χ1v) is 4.78. The molecule has 0 amide bonds. The predicted molar refractivity (Wildman–Crippen MR) is 51.7 cm³/mol. The summed E-state index contributed by atoms with van der Waals surface area (Å²) >= 11 is 0. The third-order valence-electron chi connectivity index (χ3n) is 1.20. The molecule has 0 spiro atoms. The summed E-state index contributed by atoms with van der Waals surface area (Å²) in [5.74, 6) is -4.37. The minimum absolute atomic E-state index is 0.0312. The minimum Gasteiger partial charge on any atom is -0.543 e. The van der Waals surface area contributed by atoms with Gasteiger partial charge < -0.3 is 51.7 Å². The summed E-state index contributed by atoms with van der Waals surface area (Å²) in [7, 11) is 0. The molecule has 0 rings (SSSR count). The number of carboxylic acid groups (broad SMARTS) is 2. The molecule has 18 heavy (non-hydrogen) atoms. The maximum absolute atomic E-state index is 8.93. The standard InChI is InChI=1S/2C3H9NO2.C2H2O4/c2*4-3(1-5)2-6;3-1(4)2(5)6/h2*3,5-6H,1-2,4H2;(H,3,4)(H,5,6). The van der Waals surface area contributed by atoms with E-state index < -0.39 is 11.9 Å². The summed E-state index contributed by atoms with van der Waals surface area (Å²) in [6.07, 6.45) is 0. The second kappa shape index (κ2) is 15.7. The summed E-state index contributed by atoms with van der Waals surface area (Å²) in [5.41, 5.74) is 6.75. The van der Waals surface area contributed by atoms with Crippen molar-refractivity contribution in [2.75, 3.05) is 26.4 Å². The Morgan fingerprint density at radius 1 is 0.778 bits per heavy atom. The van der Waals surface area contributed by atoms with Crippen molar-refractivity contribution in [2.45, 2.75) is 12.1 Å². The molecule has 0 atom stereocenters. The fourth-order valence-electron chi connectivity index (χ4n) is 0.115. The number of aliphatic carboxylic acids is 2. The molecule has 10 heteroatoms. The van der Waals surface area contributed by atoms with E-state index in [9.17, 15) is 0 Å². The van der Waals surface area contributed by atoms with Crippen LogP contribution in [0.1, 0.15) is 0 Å². The Bertz CT molecular complexity index is 183. The highest BCUT2D eigenvalue weighted by molar-refractivity contribution is 6.25. The second-order valence-corrected chi connectivity index (χ2v) is 3.04. The maximum Gasteiger partial charge on any atom is 0.131 e. The Labute approximate surface area is 103 Å². The van der Waals surface area contributed by atoms with Crippen molar-refractivity contribution < 1.29 is 51.7 Å². The normalized spacial score (nSPS) is 9.11. The van der Waals surface area contributed by atoms with E-state index in [4.69, 9.17) is 40.2 Å². The summed E-state index contributed by atoms with van der Waals surface area (Å²) in [4.78, 5) is 17.9. The van der Waals surface area contributed by atoms with Gasteiger partial charge in [-0.15, -0.1) is 0 Å². The molecule has 0 aromatic rings. The van der Waals surface area contributed by atoms with Gasteiger partial charge in [0.1, 0.15) is 12.1 Å². The molecule has 0 saturated carbocycles. The van der Waals surface area contributed by atoms with Crippen molar-refractivity contribution in [1.29, 1.82) is 0 Å². The molecule has 10 N–H and O–H groups in total. The van der Waals surface area contributed by atoms with Gasteiger partial charge in [0, 0.05) is 0 Å². The summed E-state index contributed by atoms with van der Waals surface area (Å²) in [6, 6.07) is -0.407. The van der Waals surface area contributed by atoms with Crippen LogP contribution < -0.4 is 21.7 Å². The van der Waals surface area contributed by atoms with Gasteiger partial charge in [-0.2, -0.15) is 0 Å². The topological polar surface area (TPSA) is 216 Å². The third kappa shape index (κ3) is 24.1. The first-order chi connectivity index (χ1) is 8.26. The fourth-order valence-corrected chi connectivity index (χ4v) is 0.115. The smallest absolute Gasteiger partial charge is 0.131 e. The average molecular weight is 272 g/mol. The first kappa shape index (κ1) is 21.9. The molecule has 0 aliphatic carbocycles. The molecule has 0 unspecified atom stereocenters. The van der Waals surface area contributed by atoms with Crippen LogP contribution in [0.5, 0.6) is 0 Å². The molecule has 110 valence electrons. The molecule has 0 saturated heterocycles. The lowest BCUT2D eigenvalue weighted by Crippen LogP contribution is -2.64. The number of aliphatic hydroxyl groups is 4. The maximum atomic E-state index is 8.93. The number of carboxylic acids is 2. The van der Waals surface area contributed by atoms with Gasteiger partial charge in [-0.1, -0.05) is 0 Å². The van der Waals surface area contributed by atoms with Crippen LogP contribution in [-0.2, 0) is 9.59 Å². The fraction of sp³-hybridized carbons (Fsp3) is 0.750. The number of aliphatic hydroxyl groups excluding tert-OH is 4. The molecular formula is C8H20N2O8. The van der Waals surface area contributed by atoms with Crippen LogP contribution in [0, 0.1) is 0 Å². The molecule has 0 aliphatic rings. The predicted octanol–water partition coefficient (Wildman–Crippen LogP) is -8.35. The highest BCUT2D eigenvalue weighted by Gasteiger charge is 1.97. The van der Waals surface area contributed by atoms with Crippen molar-refractivity contribution in [3.8, 4) is 0 Å². The summed E-state index contributed by atoms with van der Waals surface area (Å²) in [6.45, 7) is -0.125. The van der Waals surface area contributed by atoms with Crippen molar-refractivity contribution in [3.05, 3.63) is 0 Å². The van der Waals surface area contributed by atoms with Gasteiger partial charge in [-0.25, -0.2) is 0 Å². The quantitative estimate of drug-likeness (QED) is 0.269. The second-order valence-electron chi connectivity index (χ2n) is 3.04. The number of rotatable bonds is 4. The van der Waals surface area contributed by atoms with E-state index in [1.165, 1.54) is 0 Å². The van der Waals surface area contributed by atoms with Crippen LogP contribution in [-0.4, -0.2) is 70.9 Å². The van der Waals surface area contributed by atoms with Gasteiger partial charge in [0.15, 0.2) is 0 Å². The minimum atomic E-state index is -2.19. The lowest BCUT2D eigenvalue weighted by Gasteiger charge is -1.97. The Kier molecular flexibility index (Phi) is 19.1. The molecule has 0 radical (unpaired) electrons. The SMILES string of the molecule is O=C([O-])C(=O)[O-].[NH3+]C(CO)CO.[NH3+]C(CO)CO. The molecule has 0 aliphatic heterocycles. The average Bonchev–Trinajstić information content (AvgIpc) is 2.37. The van der Waals surface area contributed by atoms with Gasteiger partial charge in [0.2, 0.25) is 0 Å². The molecule has 0 bridgehead atoms. The number of carbonyl (C=O) groups excluding carboxylic acids is 2. The van der Waals surface area contributed by atoms with Gasteiger partial charge in [0.25, 0.3) is 0 Å². The van der Waals surface area contributed by atoms with Crippen molar-refractivity contribution >= 4 is 11.9 Å². The van der Waals surface area contributed by atoms with Crippen LogP contribution in [0.2, 0.25) is 0 Å². The van der Waals surface area contributed by atoms with Gasteiger partial charge in [-0.3, -0.25) is 0 Å². The van der Waals surface area contributed by atoms with Crippen LogP contribution in [0.3, 0.4) is 0 Å². The van der Waals surface area contributed by atoms with Crippen LogP contribution in [0.15, 0.2) is 0 Å². The van der Waals surface area contributed by atoms with E-state index in [2.05, 4.69) is 11.5 Å². The number of hydrogen-bond acceptors (Lipinski definition) is 8. The van der Waals surface area contributed by atoms with Gasteiger partial charge in [-0.05, 0) is 0 Å². The highest BCUT2D eigenvalue weighted by atomic mass is 16.4. The van der Waals surface area contributed by atoms with E-state index in [0.717, 1.165) is 0 Å². The molecule has 0 aromatic carbocycles. The lowest BCUT2D eigenvalue weighted by molar-refractivity contribution is -0.430. The Balaban J connectivity index is -0.000000187. The molecule has 0 aromatic heterocycles. The Hall–Kier alpha value is -1.30. The van der Waals surface area contributed by atoms with E-state index in [1.54, 1.807) is 0 Å². The first-order valence-electron chi connectivity index (χ1n) is 4.78. The molecule has 0 fully saturated rings. The van der Waals surface area contributed by atoms with Crippen molar-refractivity contribution in [3.63, 3.8) is 0 Å². The number of hydrogen-bond donors (Lipinski definition) is 6. The zero-order valence-electron chi connectivity index (χ0n) is 9.82. The van der Waals surface area contributed by atoms with E-state index >= 15 is 0 Å². The van der Waals surface area contributed by atoms with Gasteiger partial charge in [0.05, 0.1) is 38.4 Å². The summed E-state index contributed by atoms with van der Waals surface area (Å²) < 4.78 is 0. The third-order valence-corrected chi connectivity index (χ3v) is 1.20.